The van der Waals surface area contributed by atoms with E-state index in [1.54, 1.807) is 0 Å². The topological polar surface area (TPSA) is 29.5 Å². The summed E-state index contributed by atoms with van der Waals surface area (Å²) in [7, 11) is 0. The van der Waals surface area contributed by atoms with Crippen molar-refractivity contribution in [2.45, 2.75) is 0 Å². The maximum atomic E-state index is 6.55. The number of hydrogen-bond donors (Lipinski definition) is 0. The lowest BCUT2D eigenvalue weighted by molar-refractivity contribution is 0.669. The minimum Gasteiger partial charge on any atom is -0.456 e. The first-order chi connectivity index (χ1) is 23.3. The van der Waals surface area contributed by atoms with Gasteiger partial charge in [0, 0.05) is 44.5 Å². The van der Waals surface area contributed by atoms with Gasteiger partial charge < -0.3 is 13.7 Å². The van der Waals surface area contributed by atoms with Gasteiger partial charge in [0.1, 0.15) is 22.3 Å². The van der Waals surface area contributed by atoms with Crippen LogP contribution in [0.1, 0.15) is 0 Å². The highest BCUT2D eigenvalue weighted by atomic mass is 16.3. The molecule has 0 radical (unpaired) electrons. The summed E-state index contributed by atoms with van der Waals surface area (Å²) >= 11 is 0. The molecule has 0 aliphatic heterocycles. The van der Waals surface area contributed by atoms with Gasteiger partial charge in [-0.1, -0.05) is 103 Å². The molecular formula is C44H27NO2. The molecule has 0 bridgehead atoms. The van der Waals surface area contributed by atoms with Gasteiger partial charge in [0.2, 0.25) is 0 Å². The van der Waals surface area contributed by atoms with Crippen LogP contribution in [0.25, 0.3) is 76.5 Å². The molecule has 0 saturated carbocycles. The van der Waals surface area contributed by atoms with Gasteiger partial charge in [-0.2, -0.15) is 0 Å². The molecule has 47 heavy (non-hydrogen) atoms. The Bertz CT molecular complexity index is 2810. The van der Waals surface area contributed by atoms with Crippen LogP contribution in [0.4, 0.5) is 17.1 Å². The highest BCUT2D eigenvalue weighted by Gasteiger charge is 2.20. The van der Waals surface area contributed by atoms with Crippen LogP contribution >= 0.6 is 0 Å². The Morgan fingerprint density at radius 3 is 1.94 bits per heavy atom. The Morgan fingerprint density at radius 1 is 0.362 bits per heavy atom. The van der Waals surface area contributed by atoms with Crippen LogP contribution in [0.2, 0.25) is 0 Å². The number of anilines is 3. The summed E-state index contributed by atoms with van der Waals surface area (Å²) in [6, 6.07) is 57.9. The molecule has 0 unspecified atom stereocenters. The predicted octanol–water partition coefficient (Wildman–Crippen LogP) is 12.9. The third-order valence-electron chi connectivity index (χ3n) is 9.41. The van der Waals surface area contributed by atoms with Gasteiger partial charge in [-0.05, 0) is 81.7 Å². The maximum Gasteiger partial charge on any atom is 0.137 e. The van der Waals surface area contributed by atoms with E-state index in [1.807, 2.05) is 12.1 Å². The quantitative estimate of drug-likeness (QED) is 0.201. The Morgan fingerprint density at radius 2 is 1.04 bits per heavy atom. The average molecular weight is 602 g/mol. The number of benzene rings is 8. The zero-order valence-corrected chi connectivity index (χ0v) is 25.4. The molecule has 10 aromatic rings. The second-order valence-corrected chi connectivity index (χ2v) is 12.1. The molecule has 0 saturated heterocycles. The fourth-order valence-corrected chi connectivity index (χ4v) is 7.23. The molecule has 0 atom stereocenters. The summed E-state index contributed by atoms with van der Waals surface area (Å²) in [6.45, 7) is 0. The lowest BCUT2D eigenvalue weighted by atomic mass is 10.00. The monoisotopic (exact) mass is 601 g/mol. The van der Waals surface area contributed by atoms with Crippen molar-refractivity contribution < 1.29 is 8.83 Å². The Balaban J connectivity index is 1.21. The van der Waals surface area contributed by atoms with Crippen molar-refractivity contribution in [1.29, 1.82) is 0 Å². The van der Waals surface area contributed by atoms with E-state index in [9.17, 15) is 0 Å². The van der Waals surface area contributed by atoms with Gasteiger partial charge in [0.25, 0.3) is 0 Å². The van der Waals surface area contributed by atoms with Crippen molar-refractivity contribution >= 4 is 82.5 Å². The zero-order valence-electron chi connectivity index (χ0n) is 25.4. The number of fused-ring (bicyclic) bond motifs is 9. The van der Waals surface area contributed by atoms with Crippen LogP contribution in [0, 0.1) is 0 Å². The Kier molecular flexibility index (Phi) is 5.57. The average Bonchev–Trinajstić information content (AvgIpc) is 3.69. The van der Waals surface area contributed by atoms with E-state index in [4.69, 9.17) is 8.83 Å². The maximum absolute atomic E-state index is 6.55. The van der Waals surface area contributed by atoms with E-state index in [2.05, 4.69) is 157 Å². The molecule has 3 heteroatoms. The van der Waals surface area contributed by atoms with Crippen LogP contribution < -0.4 is 4.90 Å². The Labute approximate surface area is 270 Å². The summed E-state index contributed by atoms with van der Waals surface area (Å²) in [4.78, 5) is 2.35. The molecular weight excluding hydrogens is 574 g/mol. The van der Waals surface area contributed by atoms with Crippen molar-refractivity contribution in [2.75, 3.05) is 4.90 Å². The smallest absolute Gasteiger partial charge is 0.137 e. The molecule has 220 valence electrons. The minimum absolute atomic E-state index is 0.863. The van der Waals surface area contributed by atoms with Gasteiger partial charge >= 0.3 is 0 Å². The molecule has 0 spiro atoms. The van der Waals surface area contributed by atoms with Gasteiger partial charge in [0.05, 0.1) is 5.69 Å². The molecule has 0 N–H and O–H groups in total. The number of nitrogens with zero attached hydrogens (tertiary/aromatic N) is 1. The predicted molar refractivity (Wildman–Crippen MR) is 196 cm³/mol. The number of hydrogen-bond acceptors (Lipinski definition) is 3. The number of rotatable bonds is 4. The van der Waals surface area contributed by atoms with Crippen LogP contribution in [0.3, 0.4) is 0 Å². The summed E-state index contributed by atoms with van der Waals surface area (Å²) in [5, 5.41) is 9.23. The first kappa shape index (κ1) is 26.0. The minimum atomic E-state index is 0.863. The first-order valence-corrected chi connectivity index (χ1v) is 15.9. The fourth-order valence-electron chi connectivity index (χ4n) is 7.23. The van der Waals surface area contributed by atoms with Gasteiger partial charge in [-0.25, -0.2) is 0 Å². The van der Waals surface area contributed by atoms with Gasteiger partial charge in [-0.15, -0.1) is 0 Å². The molecule has 2 heterocycles. The number of furan rings is 2. The lowest BCUT2D eigenvalue weighted by Gasteiger charge is -2.28. The van der Waals surface area contributed by atoms with Gasteiger partial charge in [-0.3, -0.25) is 0 Å². The largest absolute Gasteiger partial charge is 0.456 e. The molecule has 2 aromatic heterocycles. The summed E-state index contributed by atoms with van der Waals surface area (Å²) in [5.41, 5.74) is 9.07. The van der Waals surface area contributed by atoms with Crippen molar-refractivity contribution in [3.05, 3.63) is 164 Å². The molecule has 0 fully saturated rings. The van der Waals surface area contributed by atoms with E-state index in [0.717, 1.165) is 77.5 Å². The van der Waals surface area contributed by atoms with Crippen molar-refractivity contribution in [3.63, 3.8) is 0 Å². The van der Waals surface area contributed by atoms with Crippen molar-refractivity contribution in [3.8, 4) is 11.1 Å². The lowest BCUT2D eigenvalue weighted by Crippen LogP contribution is -2.11. The van der Waals surface area contributed by atoms with Crippen molar-refractivity contribution in [1.82, 2.24) is 0 Å². The molecule has 0 aliphatic rings. The summed E-state index contributed by atoms with van der Waals surface area (Å²) in [5.74, 6) is 0. The van der Waals surface area contributed by atoms with E-state index >= 15 is 0 Å². The van der Waals surface area contributed by atoms with E-state index in [1.165, 1.54) is 16.2 Å². The van der Waals surface area contributed by atoms with Crippen LogP contribution in [-0.4, -0.2) is 0 Å². The second-order valence-electron chi connectivity index (χ2n) is 12.1. The third kappa shape index (κ3) is 4.07. The van der Waals surface area contributed by atoms with E-state index in [0.29, 0.717) is 0 Å². The van der Waals surface area contributed by atoms with Crippen molar-refractivity contribution in [2.24, 2.45) is 0 Å². The first-order valence-electron chi connectivity index (χ1n) is 15.9. The standard InChI is InChI=1S/C44H27NO2/c1-2-10-28(11-3-1)34-14-6-8-16-39(34)45(32-19-21-35-31(24-32)18-23-41-44(35)37-15-7-9-17-40(37)46-41)33-20-22-36-38-25-29-12-4-5-13-30(29)26-42(38)47-43(36)27-33/h1-27H. The van der Waals surface area contributed by atoms with Gasteiger partial charge in [0.15, 0.2) is 0 Å². The molecule has 8 aromatic carbocycles. The second kappa shape index (κ2) is 10.1. The number of para-hydroxylation sites is 2. The SMILES string of the molecule is c1ccc(-c2ccccc2N(c2ccc3c(ccc4oc5ccccc5c43)c2)c2ccc3c(c2)oc2cc4ccccc4cc23)cc1. The normalized spacial score (nSPS) is 11.8. The summed E-state index contributed by atoms with van der Waals surface area (Å²) < 4.78 is 12.8. The summed E-state index contributed by atoms with van der Waals surface area (Å²) in [6.07, 6.45) is 0. The highest BCUT2D eigenvalue weighted by molar-refractivity contribution is 6.19. The Hall–Kier alpha value is -6.32. The van der Waals surface area contributed by atoms with Crippen LogP contribution in [0.5, 0.6) is 0 Å². The fraction of sp³-hybridized carbons (Fsp3) is 0. The van der Waals surface area contributed by atoms with Crippen LogP contribution in [-0.2, 0) is 0 Å². The van der Waals surface area contributed by atoms with E-state index in [-0.39, 0.29) is 0 Å². The van der Waals surface area contributed by atoms with E-state index < -0.39 is 0 Å². The molecule has 3 nitrogen and oxygen atoms in total. The molecule has 0 amide bonds. The highest BCUT2D eigenvalue weighted by Crippen LogP contribution is 2.44. The third-order valence-corrected chi connectivity index (χ3v) is 9.41. The zero-order chi connectivity index (χ0) is 30.9. The van der Waals surface area contributed by atoms with Crippen LogP contribution in [0.15, 0.2) is 173 Å². The molecule has 10 rings (SSSR count). The molecule has 0 aliphatic carbocycles.